The van der Waals surface area contributed by atoms with Crippen LogP contribution in [0.2, 0.25) is 0 Å². The van der Waals surface area contributed by atoms with Crippen LogP contribution < -0.4 is 5.73 Å². The van der Waals surface area contributed by atoms with E-state index in [0.717, 1.165) is 19.4 Å². The molecule has 0 amide bonds. The summed E-state index contributed by atoms with van der Waals surface area (Å²) in [6.07, 6.45) is 2.08. The van der Waals surface area contributed by atoms with Crippen LogP contribution in [0.4, 0.5) is 4.39 Å². The van der Waals surface area contributed by atoms with Crippen molar-refractivity contribution in [3.05, 3.63) is 35.1 Å². The first kappa shape index (κ1) is 15.6. The molecule has 0 spiro atoms. The van der Waals surface area contributed by atoms with Crippen molar-refractivity contribution in [1.82, 2.24) is 4.90 Å². The molecule has 0 aliphatic heterocycles. The predicted molar refractivity (Wildman–Crippen MR) is 74.7 cm³/mol. The first-order valence-electron chi connectivity index (χ1n) is 6.54. The highest BCUT2D eigenvalue weighted by Gasteiger charge is 2.10. The van der Waals surface area contributed by atoms with E-state index in [1.807, 2.05) is 4.90 Å². The minimum Gasteiger partial charge on any atom is -0.395 e. The Bertz CT molecular complexity index is 423. The Morgan fingerprint density at radius 2 is 2.16 bits per heavy atom. The number of nitrogen functional groups attached to an aromatic ring is 1. The van der Waals surface area contributed by atoms with Crippen LogP contribution in [0.3, 0.4) is 0 Å². The Morgan fingerprint density at radius 3 is 2.68 bits per heavy atom. The van der Waals surface area contributed by atoms with Crippen LogP contribution in [-0.2, 0) is 6.54 Å². The summed E-state index contributed by atoms with van der Waals surface area (Å²) in [5.41, 5.74) is 6.28. The van der Waals surface area contributed by atoms with E-state index in [0.29, 0.717) is 24.2 Å². The van der Waals surface area contributed by atoms with Gasteiger partial charge in [0.05, 0.1) is 6.61 Å². The molecular formula is C14H22FN3O. The summed E-state index contributed by atoms with van der Waals surface area (Å²) < 4.78 is 13.9. The second kappa shape index (κ2) is 7.86. The number of nitrogens with zero attached hydrogens (tertiary/aromatic N) is 1. The largest absolute Gasteiger partial charge is 0.395 e. The molecule has 1 aromatic carbocycles. The lowest BCUT2D eigenvalue weighted by molar-refractivity contribution is 0.187. The minimum absolute atomic E-state index is 0.0663. The summed E-state index contributed by atoms with van der Waals surface area (Å²) in [4.78, 5) is 2.02. The van der Waals surface area contributed by atoms with Gasteiger partial charge in [0.25, 0.3) is 0 Å². The lowest BCUT2D eigenvalue weighted by atomic mass is 10.1. The van der Waals surface area contributed by atoms with Crippen molar-refractivity contribution in [2.75, 3.05) is 19.7 Å². The fraction of sp³-hybridized carbons (Fsp3) is 0.500. The van der Waals surface area contributed by atoms with E-state index in [4.69, 9.17) is 16.2 Å². The van der Waals surface area contributed by atoms with Gasteiger partial charge >= 0.3 is 0 Å². The Labute approximate surface area is 113 Å². The maximum absolute atomic E-state index is 13.9. The molecule has 0 unspecified atom stereocenters. The van der Waals surface area contributed by atoms with Gasteiger partial charge in [-0.25, -0.2) is 4.39 Å². The van der Waals surface area contributed by atoms with Crippen molar-refractivity contribution < 1.29 is 9.50 Å². The van der Waals surface area contributed by atoms with Crippen molar-refractivity contribution in [3.63, 3.8) is 0 Å². The van der Waals surface area contributed by atoms with Crippen molar-refractivity contribution in [3.8, 4) is 0 Å². The van der Waals surface area contributed by atoms with Crippen LogP contribution in [0.1, 0.15) is 30.9 Å². The van der Waals surface area contributed by atoms with E-state index in [1.54, 1.807) is 12.1 Å². The molecule has 1 aromatic rings. The molecule has 5 heteroatoms. The summed E-state index contributed by atoms with van der Waals surface area (Å²) in [7, 11) is 0. The second-order valence-corrected chi connectivity index (χ2v) is 4.57. The van der Waals surface area contributed by atoms with Crippen LogP contribution in [-0.4, -0.2) is 35.5 Å². The molecule has 106 valence electrons. The Morgan fingerprint density at radius 1 is 1.42 bits per heavy atom. The maximum Gasteiger partial charge on any atom is 0.128 e. The van der Waals surface area contributed by atoms with Crippen LogP contribution in [0.5, 0.6) is 0 Å². The number of aliphatic hydroxyl groups is 1. The Hall–Kier alpha value is -1.46. The molecule has 4 N–H and O–H groups in total. The van der Waals surface area contributed by atoms with Gasteiger partial charge in [-0.1, -0.05) is 25.5 Å². The summed E-state index contributed by atoms with van der Waals surface area (Å²) in [6, 6.07) is 4.59. The van der Waals surface area contributed by atoms with E-state index >= 15 is 0 Å². The normalized spacial score (nSPS) is 10.9. The van der Waals surface area contributed by atoms with E-state index in [9.17, 15) is 4.39 Å². The molecule has 0 fully saturated rings. The van der Waals surface area contributed by atoms with Gasteiger partial charge in [-0.05, 0) is 19.0 Å². The molecule has 0 bridgehead atoms. The average molecular weight is 267 g/mol. The maximum atomic E-state index is 13.9. The molecule has 1 rings (SSSR count). The second-order valence-electron chi connectivity index (χ2n) is 4.57. The van der Waals surface area contributed by atoms with Gasteiger partial charge < -0.3 is 10.8 Å². The number of nitrogens with one attached hydrogen (secondary N) is 1. The zero-order chi connectivity index (χ0) is 14.3. The number of amidine groups is 1. The highest BCUT2D eigenvalue weighted by molar-refractivity contribution is 5.94. The average Bonchev–Trinajstić information content (AvgIpc) is 2.38. The quantitative estimate of drug-likeness (QED) is 0.496. The first-order chi connectivity index (χ1) is 9.08. The number of hydrogen-bond acceptors (Lipinski definition) is 3. The van der Waals surface area contributed by atoms with Gasteiger partial charge in [0.2, 0.25) is 0 Å². The highest BCUT2D eigenvalue weighted by Crippen LogP contribution is 2.13. The van der Waals surface area contributed by atoms with E-state index in [2.05, 4.69) is 6.92 Å². The Kier molecular flexibility index (Phi) is 6.45. The van der Waals surface area contributed by atoms with Gasteiger partial charge in [0.15, 0.2) is 0 Å². The van der Waals surface area contributed by atoms with Crippen molar-refractivity contribution in [2.45, 2.75) is 26.3 Å². The summed E-state index contributed by atoms with van der Waals surface area (Å²) in [5.74, 6) is -0.490. The van der Waals surface area contributed by atoms with Crippen LogP contribution in [0, 0.1) is 11.2 Å². The van der Waals surface area contributed by atoms with Gasteiger partial charge in [-0.3, -0.25) is 10.3 Å². The van der Waals surface area contributed by atoms with Gasteiger partial charge in [0.1, 0.15) is 11.7 Å². The molecule has 19 heavy (non-hydrogen) atoms. The third kappa shape index (κ3) is 4.96. The molecule has 0 saturated heterocycles. The number of benzene rings is 1. The fourth-order valence-corrected chi connectivity index (χ4v) is 1.88. The molecule has 0 aliphatic carbocycles. The molecule has 0 radical (unpaired) electrons. The molecule has 0 atom stereocenters. The van der Waals surface area contributed by atoms with E-state index in [-0.39, 0.29) is 18.3 Å². The van der Waals surface area contributed by atoms with Crippen LogP contribution in [0.25, 0.3) is 0 Å². The number of aliphatic hydroxyl groups excluding tert-OH is 1. The number of halogens is 1. The van der Waals surface area contributed by atoms with Crippen molar-refractivity contribution in [1.29, 1.82) is 5.41 Å². The van der Waals surface area contributed by atoms with Crippen molar-refractivity contribution in [2.24, 2.45) is 5.73 Å². The fourth-order valence-electron chi connectivity index (χ4n) is 1.88. The molecule has 4 nitrogen and oxygen atoms in total. The van der Waals surface area contributed by atoms with Gasteiger partial charge in [-0.2, -0.15) is 0 Å². The number of unbranched alkanes of at least 4 members (excludes halogenated alkanes) is 1. The number of hydrogen-bond donors (Lipinski definition) is 3. The summed E-state index contributed by atoms with van der Waals surface area (Å²) >= 11 is 0. The highest BCUT2D eigenvalue weighted by atomic mass is 19.1. The first-order valence-corrected chi connectivity index (χ1v) is 6.54. The zero-order valence-electron chi connectivity index (χ0n) is 11.3. The third-order valence-electron chi connectivity index (χ3n) is 3.00. The molecular weight excluding hydrogens is 245 g/mol. The van der Waals surface area contributed by atoms with E-state index < -0.39 is 0 Å². The lowest BCUT2D eigenvalue weighted by Gasteiger charge is -2.21. The summed E-state index contributed by atoms with van der Waals surface area (Å²) in [5, 5.41) is 16.3. The minimum atomic E-state index is -0.355. The van der Waals surface area contributed by atoms with E-state index in [1.165, 1.54) is 6.07 Å². The monoisotopic (exact) mass is 267 g/mol. The molecule has 0 saturated carbocycles. The molecule has 0 aliphatic rings. The topological polar surface area (TPSA) is 73.3 Å². The number of nitrogens with two attached hydrogens (primary N) is 1. The van der Waals surface area contributed by atoms with Crippen LogP contribution in [0.15, 0.2) is 18.2 Å². The standard InChI is InChI=1S/C14H22FN3O/c1-2-3-6-18(7-8-19)10-12-5-4-11(14(16)17)9-13(12)15/h4-5,9,19H,2-3,6-8,10H2,1H3,(H3,16,17). The van der Waals surface area contributed by atoms with Crippen LogP contribution >= 0.6 is 0 Å². The zero-order valence-corrected chi connectivity index (χ0v) is 11.3. The third-order valence-corrected chi connectivity index (χ3v) is 3.00. The lowest BCUT2D eigenvalue weighted by Crippen LogP contribution is -2.28. The Balaban J connectivity index is 2.75. The SMILES string of the molecule is CCCCN(CCO)Cc1ccc(C(=N)N)cc1F. The number of rotatable bonds is 8. The molecule has 0 aromatic heterocycles. The predicted octanol–water partition coefficient (Wildman–Crippen LogP) is 1.70. The van der Waals surface area contributed by atoms with Gasteiger partial charge in [0, 0.05) is 24.2 Å². The van der Waals surface area contributed by atoms with Crippen molar-refractivity contribution >= 4 is 5.84 Å². The smallest absolute Gasteiger partial charge is 0.128 e. The van der Waals surface area contributed by atoms with Gasteiger partial charge in [-0.15, -0.1) is 0 Å². The molecule has 0 heterocycles. The summed E-state index contributed by atoms with van der Waals surface area (Å²) in [6.45, 7) is 4.00.